The highest BCUT2D eigenvalue weighted by Crippen LogP contribution is 2.61. The number of fused-ring (bicyclic) bond motifs is 2. The molecular formula is C11H18O3. The maximum absolute atomic E-state index is 11.5. The van der Waals surface area contributed by atoms with Gasteiger partial charge in [-0.2, -0.15) is 0 Å². The molecule has 3 fully saturated rings. The lowest BCUT2D eigenvalue weighted by Crippen LogP contribution is -2.60. The van der Waals surface area contributed by atoms with E-state index in [4.69, 9.17) is 4.74 Å². The third kappa shape index (κ3) is 1.11. The SMILES string of the molecule is COC(=O)[C@@H]1CC(O)[C@@H]2C[C@H]1C2(C)C. The van der Waals surface area contributed by atoms with Gasteiger partial charge in [0.05, 0.1) is 19.1 Å². The lowest BCUT2D eigenvalue weighted by Gasteiger charge is -2.60. The van der Waals surface area contributed by atoms with E-state index in [1.165, 1.54) is 7.11 Å². The van der Waals surface area contributed by atoms with E-state index >= 15 is 0 Å². The molecule has 4 atom stereocenters. The first-order valence-corrected chi connectivity index (χ1v) is 5.24. The Labute approximate surface area is 84.4 Å². The Bertz CT molecular complexity index is 259. The number of aliphatic hydroxyl groups is 1. The highest BCUT2D eigenvalue weighted by atomic mass is 16.5. The summed E-state index contributed by atoms with van der Waals surface area (Å²) >= 11 is 0. The number of rotatable bonds is 1. The van der Waals surface area contributed by atoms with Crippen LogP contribution in [0.1, 0.15) is 26.7 Å². The minimum absolute atomic E-state index is 0.0880. The van der Waals surface area contributed by atoms with Crippen LogP contribution in [0.3, 0.4) is 0 Å². The summed E-state index contributed by atoms with van der Waals surface area (Å²) in [5.41, 5.74) is 0.108. The molecule has 0 aromatic heterocycles. The highest BCUT2D eigenvalue weighted by molar-refractivity contribution is 5.73. The summed E-state index contributed by atoms with van der Waals surface area (Å²) in [6, 6.07) is 0. The van der Waals surface area contributed by atoms with E-state index in [0.29, 0.717) is 18.3 Å². The molecule has 2 bridgehead atoms. The van der Waals surface area contributed by atoms with Gasteiger partial charge >= 0.3 is 5.97 Å². The predicted octanol–water partition coefficient (Wildman–Crippen LogP) is 1.20. The molecule has 1 N–H and O–H groups in total. The summed E-state index contributed by atoms with van der Waals surface area (Å²) < 4.78 is 4.78. The normalized spacial score (nSPS) is 44.0. The van der Waals surface area contributed by atoms with Crippen molar-refractivity contribution in [3.63, 3.8) is 0 Å². The average molecular weight is 198 g/mol. The molecule has 3 aliphatic rings. The molecule has 0 saturated heterocycles. The quantitative estimate of drug-likeness (QED) is 0.644. The molecule has 0 spiro atoms. The smallest absolute Gasteiger partial charge is 0.309 e. The summed E-state index contributed by atoms with van der Waals surface area (Å²) in [7, 11) is 1.42. The number of esters is 1. The zero-order valence-corrected chi connectivity index (χ0v) is 8.99. The van der Waals surface area contributed by atoms with Crippen LogP contribution < -0.4 is 0 Å². The van der Waals surface area contributed by atoms with Gasteiger partial charge in [0.15, 0.2) is 0 Å². The van der Waals surface area contributed by atoms with Crippen LogP contribution in [0.5, 0.6) is 0 Å². The second kappa shape index (κ2) is 2.96. The number of ether oxygens (including phenoxy) is 1. The first kappa shape index (κ1) is 9.97. The molecule has 80 valence electrons. The van der Waals surface area contributed by atoms with Gasteiger partial charge in [-0.1, -0.05) is 13.8 Å². The average Bonchev–Trinajstić information content (AvgIpc) is 2.14. The van der Waals surface area contributed by atoms with Gasteiger partial charge in [0, 0.05) is 0 Å². The fourth-order valence-corrected chi connectivity index (χ4v) is 3.33. The first-order chi connectivity index (χ1) is 6.48. The minimum atomic E-state index is -0.320. The molecule has 0 aliphatic heterocycles. The molecule has 0 heterocycles. The number of aliphatic hydroxyl groups excluding tert-OH is 1. The fourth-order valence-electron chi connectivity index (χ4n) is 3.33. The van der Waals surface area contributed by atoms with Crippen molar-refractivity contribution in [2.24, 2.45) is 23.2 Å². The summed E-state index contributed by atoms with van der Waals surface area (Å²) in [5, 5.41) is 9.86. The largest absolute Gasteiger partial charge is 0.469 e. The Hall–Kier alpha value is -0.570. The van der Waals surface area contributed by atoms with Gasteiger partial charge in [0.25, 0.3) is 0 Å². The third-order valence-electron chi connectivity index (χ3n) is 4.37. The van der Waals surface area contributed by atoms with Gasteiger partial charge in [-0.3, -0.25) is 4.79 Å². The molecule has 0 aromatic rings. The molecule has 3 nitrogen and oxygen atoms in total. The van der Waals surface area contributed by atoms with Gasteiger partial charge in [-0.15, -0.1) is 0 Å². The van der Waals surface area contributed by atoms with Crippen LogP contribution in [-0.4, -0.2) is 24.3 Å². The van der Waals surface area contributed by atoms with Crippen molar-refractivity contribution in [1.82, 2.24) is 0 Å². The topological polar surface area (TPSA) is 46.5 Å². The fraction of sp³-hybridized carbons (Fsp3) is 0.909. The molecule has 3 heteroatoms. The van der Waals surface area contributed by atoms with E-state index in [-0.39, 0.29) is 23.4 Å². The number of carbonyl (C=O) groups excluding carboxylic acids is 1. The van der Waals surface area contributed by atoms with Crippen molar-refractivity contribution in [3.05, 3.63) is 0 Å². The molecular weight excluding hydrogens is 180 g/mol. The van der Waals surface area contributed by atoms with Crippen molar-refractivity contribution in [3.8, 4) is 0 Å². The first-order valence-electron chi connectivity index (χ1n) is 5.24. The van der Waals surface area contributed by atoms with Crippen LogP contribution in [0.2, 0.25) is 0 Å². The molecule has 3 aliphatic carbocycles. The van der Waals surface area contributed by atoms with Crippen molar-refractivity contribution >= 4 is 5.97 Å². The minimum Gasteiger partial charge on any atom is -0.469 e. The summed E-state index contributed by atoms with van der Waals surface area (Å²) in [6.45, 7) is 4.29. The number of methoxy groups -OCH3 is 1. The zero-order chi connectivity index (χ0) is 10.5. The number of hydrogen-bond acceptors (Lipinski definition) is 3. The Morgan fingerprint density at radius 3 is 2.43 bits per heavy atom. The molecule has 0 aromatic carbocycles. The molecule has 0 radical (unpaired) electrons. The molecule has 1 unspecified atom stereocenters. The lowest BCUT2D eigenvalue weighted by atomic mass is 9.44. The van der Waals surface area contributed by atoms with Crippen LogP contribution in [0.15, 0.2) is 0 Å². The summed E-state index contributed by atoms with van der Waals surface area (Å²) in [6.07, 6.45) is 1.25. The summed E-state index contributed by atoms with van der Waals surface area (Å²) in [5.74, 6) is 0.548. The molecule has 3 rings (SSSR count). The van der Waals surface area contributed by atoms with Crippen LogP contribution in [0, 0.1) is 23.2 Å². The van der Waals surface area contributed by atoms with Crippen LogP contribution in [-0.2, 0) is 9.53 Å². The Balaban J connectivity index is 2.18. The second-order valence-corrected chi connectivity index (χ2v) is 5.20. The van der Waals surface area contributed by atoms with Crippen LogP contribution in [0.25, 0.3) is 0 Å². The van der Waals surface area contributed by atoms with E-state index < -0.39 is 0 Å². The summed E-state index contributed by atoms with van der Waals surface area (Å²) in [4.78, 5) is 11.5. The maximum Gasteiger partial charge on any atom is 0.309 e. The van der Waals surface area contributed by atoms with Gasteiger partial charge in [-0.05, 0) is 30.1 Å². The van der Waals surface area contributed by atoms with E-state index in [9.17, 15) is 9.90 Å². The van der Waals surface area contributed by atoms with Gasteiger partial charge in [0.1, 0.15) is 0 Å². The molecule has 0 amide bonds. The Morgan fingerprint density at radius 2 is 2.00 bits per heavy atom. The third-order valence-corrected chi connectivity index (χ3v) is 4.37. The Morgan fingerprint density at radius 1 is 1.36 bits per heavy atom. The maximum atomic E-state index is 11.5. The van der Waals surface area contributed by atoms with Crippen molar-refractivity contribution in [1.29, 1.82) is 0 Å². The van der Waals surface area contributed by atoms with E-state index in [2.05, 4.69) is 13.8 Å². The van der Waals surface area contributed by atoms with Crippen molar-refractivity contribution < 1.29 is 14.6 Å². The standard InChI is InChI=1S/C11H18O3/c1-11(2)7-5-8(11)9(12)4-6(7)10(13)14-3/h6-9,12H,4-5H2,1-3H3/t6-,7-,8+,9?/m1/s1. The van der Waals surface area contributed by atoms with Crippen molar-refractivity contribution in [2.75, 3.05) is 7.11 Å². The van der Waals surface area contributed by atoms with Crippen molar-refractivity contribution in [2.45, 2.75) is 32.8 Å². The van der Waals surface area contributed by atoms with Crippen LogP contribution >= 0.6 is 0 Å². The Kier molecular flexibility index (Phi) is 2.11. The van der Waals surface area contributed by atoms with Crippen LogP contribution in [0.4, 0.5) is 0 Å². The van der Waals surface area contributed by atoms with E-state index in [0.717, 1.165) is 6.42 Å². The molecule has 14 heavy (non-hydrogen) atoms. The van der Waals surface area contributed by atoms with E-state index in [1.54, 1.807) is 0 Å². The zero-order valence-electron chi connectivity index (χ0n) is 8.99. The van der Waals surface area contributed by atoms with Gasteiger partial charge < -0.3 is 9.84 Å². The van der Waals surface area contributed by atoms with Gasteiger partial charge in [-0.25, -0.2) is 0 Å². The number of hydrogen-bond donors (Lipinski definition) is 1. The molecule has 3 saturated carbocycles. The number of carbonyl (C=O) groups is 1. The second-order valence-electron chi connectivity index (χ2n) is 5.20. The van der Waals surface area contributed by atoms with E-state index in [1.807, 2.05) is 0 Å². The monoisotopic (exact) mass is 198 g/mol. The predicted molar refractivity (Wildman–Crippen MR) is 51.5 cm³/mol. The van der Waals surface area contributed by atoms with Gasteiger partial charge in [0.2, 0.25) is 0 Å². The highest BCUT2D eigenvalue weighted by Gasteiger charge is 2.60. The lowest BCUT2D eigenvalue weighted by molar-refractivity contribution is -0.192.